The van der Waals surface area contributed by atoms with Crippen LogP contribution in [-0.4, -0.2) is 41.2 Å². The molecule has 2 aromatic carbocycles. The van der Waals surface area contributed by atoms with Crippen LogP contribution in [0.3, 0.4) is 0 Å². The molecule has 0 saturated carbocycles. The van der Waals surface area contributed by atoms with Gasteiger partial charge < -0.3 is 24.3 Å². The number of hydrogen-bond acceptors (Lipinski definition) is 4. The fourth-order valence-electron chi connectivity index (χ4n) is 3.44. The molecule has 2 heterocycles. The molecule has 0 aliphatic heterocycles. The van der Waals surface area contributed by atoms with Crippen LogP contribution >= 0.6 is 0 Å². The van der Waals surface area contributed by atoms with Crippen LogP contribution in [0.15, 0.2) is 42.5 Å². The maximum absolute atomic E-state index is 12.6. The summed E-state index contributed by atoms with van der Waals surface area (Å²) in [5.41, 5.74) is 3.24. The first-order valence-corrected chi connectivity index (χ1v) is 9.04. The van der Waals surface area contributed by atoms with Gasteiger partial charge in [0.1, 0.15) is 23.0 Å². The monoisotopic (exact) mass is 378 g/mol. The van der Waals surface area contributed by atoms with Crippen molar-refractivity contribution in [3.63, 3.8) is 0 Å². The van der Waals surface area contributed by atoms with E-state index in [-0.39, 0.29) is 5.91 Å². The molecule has 4 rings (SSSR count). The zero-order valence-corrected chi connectivity index (χ0v) is 16.1. The van der Waals surface area contributed by atoms with Gasteiger partial charge in [0.25, 0.3) is 5.91 Å². The number of benzene rings is 2. The molecule has 1 amide bonds. The van der Waals surface area contributed by atoms with Gasteiger partial charge in [0.2, 0.25) is 0 Å². The number of rotatable bonds is 6. The first-order valence-electron chi connectivity index (χ1n) is 9.04. The van der Waals surface area contributed by atoms with E-state index in [0.29, 0.717) is 30.2 Å². The second-order valence-electron chi connectivity index (χ2n) is 6.52. The number of ether oxygens (including phenoxy) is 2. The maximum atomic E-state index is 12.6. The van der Waals surface area contributed by atoms with Crippen molar-refractivity contribution in [2.45, 2.75) is 6.42 Å². The number of H-pyrrole nitrogens is 1. The Bertz CT molecular complexity index is 1120. The van der Waals surface area contributed by atoms with Crippen molar-refractivity contribution in [2.75, 3.05) is 20.8 Å². The molecule has 0 aliphatic carbocycles. The third kappa shape index (κ3) is 3.05. The second-order valence-corrected chi connectivity index (χ2v) is 6.52. The van der Waals surface area contributed by atoms with E-state index >= 15 is 0 Å². The van der Waals surface area contributed by atoms with Gasteiger partial charge in [0.15, 0.2) is 0 Å². The van der Waals surface area contributed by atoms with Crippen LogP contribution in [-0.2, 0) is 13.5 Å². The molecular weight excluding hydrogens is 356 g/mol. The third-order valence-electron chi connectivity index (χ3n) is 4.91. The van der Waals surface area contributed by atoms with Crippen LogP contribution in [0.25, 0.3) is 21.9 Å². The number of nitrogens with zero attached hydrogens (tertiary/aromatic N) is 2. The Kier molecular flexibility index (Phi) is 4.65. The molecule has 0 bridgehead atoms. The Labute approximate surface area is 162 Å². The van der Waals surface area contributed by atoms with E-state index in [1.807, 2.05) is 43.4 Å². The normalized spacial score (nSPS) is 11.1. The first-order chi connectivity index (χ1) is 13.6. The smallest absolute Gasteiger partial charge is 0.267 e. The first kappa shape index (κ1) is 17.9. The summed E-state index contributed by atoms with van der Waals surface area (Å²) in [6.07, 6.45) is 0.643. The molecule has 4 aromatic rings. The summed E-state index contributed by atoms with van der Waals surface area (Å²) >= 11 is 0. The summed E-state index contributed by atoms with van der Waals surface area (Å²) in [6, 6.07) is 13.4. The van der Waals surface area contributed by atoms with Gasteiger partial charge >= 0.3 is 0 Å². The Morgan fingerprint density at radius 2 is 1.89 bits per heavy atom. The molecule has 0 aliphatic rings. The number of carbonyl (C=O) groups excluding carboxylic acids is 1. The van der Waals surface area contributed by atoms with E-state index in [9.17, 15) is 4.79 Å². The fraction of sp³-hybridized carbons (Fsp3) is 0.238. The number of methoxy groups -OCH3 is 2. The summed E-state index contributed by atoms with van der Waals surface area (Å²) in [7, 11) is 5.19. The molecule has 0 fully saturated rings. The zero-order chi connectivity index (χ0) is 19.7. The molecule has 2 N–H and O–H groups in total. The molecule has 7 nitrogen and oxygen atoms in total. The number of para-hydroxylation sites is 2. The molecule has 28 heavy (non-hydrogen) atoms. The van der Waals surface area contributed by atoms with E-state index < -0.39 is 0 Å². The molecule has 2 aromatic heterocycles. The van der Waals surface area contributed by atoms with Gasteiger partial charge in [0, 0.05) is 25.4 Å². The molecular formula is C21H22N4O3. The lowest BCUT2D eigenvalue weighted by atomic mass is 10.2. The maximum Gasteiger partial charge on any atom is 0.267 e. The lowest BCUT2D eigenvalue weighted by Gasteiger charge is -2.05. The number of fused-ring (bicyclic) bond motifs is 2. The van der Waals surface area contributed by atoms with Crippen molar-refractivity contribution in [2.24, 2.45) is 7.05 Å². The van der Waals surface area contributed by atoms with Crippen molar-refractivity contribution < 1.29 is 14.3 Å². The number of hydrogen-bond donors (Lipinski definition) is 2. The predicted octanol–water partition coefficient (Wildman–Crippen LogP) is 3.04. The number of aromatic nitrogens is 3. The Morgan fingerprint density at radius 3 is 2.64 bits per heavy atom. The van der Waals surface area contributed by atoms with Crippen molar-refractivity contribution >= 4 is 27.8 Å². The summed E-state index contributed by atoms with van der Waals surface area (Å²) in [5, 5.41) is 3.76. The van der Waals surface area contributed by atoms with Gasteiger partial charge in [-0.1, -0.05) is 12.1 Å². The minimum absolute atomic E-state index is 0.181. The molecule has 0 unspecified atom stereocenters. The highest BCUT2D eigenvalue weighted by atomic mass is 16.5. The number of amides is 1. The van der Waals surface area contributed by atoms with Crippen molar-refractivity contribution in [3.8, 4) is 11.5 Å². The highest BCUT2D eigenvalue weighted by Gasteiger charge is 2.15. The molecule has 144 valence electrons. The number of aryl methyl sites for hydroxylation is 1. The SMILES string of the molecule is COc1ccc(OC)c2[nH]c(C(=O)NCCc3nc4ccccc4n3C)cc12. The van der Waals surface area contributed by atoms with E-state index in [1.54, 1.807) is 20.3 Å². The van der Waals surface area contributed by atoms with Crippen molar-refractivity contribution in [1.82, 2.24) is 19.9 Å². The lowest BCUT2D eigenvalue weighted by molar-refractivity contribution is 0.0950. The second kappa shape index (κ2) is 7.26. The number of aromatic amines is 1. The topological polar surface area (TPSA) is 81.2 Å². The fourth-order valence-corrected chi connectivity index (χ4v) is 3.44. The zero-order valence-electron chi connectivity index (χ0n) is 16.1. The van der Waals surface area contributed by atoms with Crippen LogP contribution in [0.4, 0.5) is 0 Å². The quantitative estimate of drug-likeness (QED) is 0.540. The van der Waals surface area contributed by atoms with Gasteiger partial charge in [-0.25, -0.2) is 4.98 Å². The minimum atomic E-state index is -0.181. The summed E-state index contributed by atoms with van der Waals surface area (Å²) in [6.45, 7) is 0.486. The van der Waals surface area contributed by atoms with Gasteiger partial charge in [0.05, 0.1) is 30.8 Å². The van der Waals surface area contributed by atoms with E-state index in [1.165, 1.54) is 0 Å². The number of carbonyl (C=O) groups is 1. The standard InChI is InChI=1S/C21H22N4O3/c1-25-16-7-5-4-6-14(16)23-19(25)10-11-22-21(26)15-12-13-17(27-2)8-9-18(28-3)20(13)24-15/h4-9,12,24H,10-11H2,1-3H3,(H,22,26). The largest absolute Gasteiger partial charge is 0.496 e. The highest BCUT2D eigenvalue weighted by Crippen LogP contribution is 2.33. The molecule has 7 heteroatoms. The predicted molar refractivity (Wildman–Crippen MR) is 108 cm³/mol. The van der Waals surface area contributed by atoms with Gasteiger partial charge in [-0.2, -0.15) is 0 Å². The summed E-state index contributed by atoms with van der Waals surface area (Å²) in [5.74, 6) is 2.10. The Morgan fingerprint density at radius 1 is 1.14 bits per heavy atom. The van der Waals surface area contributed by atoms with Crippen molar-refractivity contribution in [3.05, 3.63) is 54.0 Å². The van der Waals surface area contributed by atoms with Crippen molar-refractivity contribution in [1.29, 1.82) is 0 Å². The summed E-state index contributed by atoms with van der Waals surface area (Å²) in [4.78, 5) is 20.4. The van der Waals surface area contributed by atoms with Crippen LogP contribution in [0.1, 0.15) is 16.3 Å². The lowest BCUT2D eigenvalue weighted by Crippen LogP contribution is -2.26. The third-order valence-corrected chi connectivity index (χ3v) is 4.91. The van der Waals surface area contributed by atoms with Crippen LogP contribution in [0.5, 0.6) is 11.5 Å². The Hall–Kier alpha value is -3.48. The van der Waals surface area contributed by atoms with Gasteiger partial charge in [-0.3, -0.25) is 4.79 Å². The van der Waals surface area contributed by atoms with E-state index in [2.05, 4.69) is 19.9 Å². The molecule has 0 spiro atoms. The average Bonchev–Trinajstić information content (AvgIpc) is 3.30. The summed E-state index contributed by atoms with van der Waals surface area (Å²) < 4.78 is 12.8. The van der Waals surface area contributed by atoms with Crippen LogP contribution in [0.2, 0.25) is 0 Å². The van der Waals surface area contributed by atoms with E-state index in [4.69, 9.17) is 9.47 Å². The van der Waals surface area contributed by atoms with E-state index in [0.717, 1.165) is 27.8 Å². The van der Waals surface area contributed by atoms with Crippen LogP contribution in [0, 0.1) is 0 Å². The average molecular weight is 378 g/mol. The highest BCUT2D eigenvalue weighted by molar-refractivity contribution is 6.01. The van der Waals surface area contributed by atoms with Crippen LogP contribution < -0.4 is 14.8 Å². The Balaban J connectivity index is 1.50. The number of nitrogens with one attached hydrogen (secondary N) is 2. The minimum Gasteiger partial charge on any atom is -0.496 e. The molecule has 0 radical (unpaired) electrons. The van der Waals surface area contributed by atoms with Gasteiger partial charge in [-0.05, 0) is 30.3 Å². The van der Waals surface area contributed by atoms with Gasteiger partial charge in [-0.15, -0.1) is 0 Å². The molecule has 0 atom stereocenters. The molecule has 0 saturated heterocycles. The number of imidazole rings is 1.